The highest BCUT2D eigenvalue weighted by molar-refractivity contribution is 6.34. The molecule has 0 radical (unpaired) electrons. The van der Waals surface area contributed by atoms with Gasteiger partial charge >= 0.3 is 5.56 Å². The smallest absolute Gasteiger partial charge is 0.312 e. The number of nitrogens with zero attached hydrogens (tertiary/aromatic N) is 3. The summed E-state index contributed by atoms with van der Waals surface area (Å²) in [6.07, 6.45) is -4.24. The van der Waals surface area contributed by atoms with Crippen molar-refractivity contribution in [3.8, 4) is 11.5 Å². The predicted octanol–water partition coefficient (Wildman–Crippen LogP) is 1.86. The molecule has 0 saturated carbocycles. The number of aromatic hydroxyl groups is 2. The number of phenols is 2. The number of aromatic amines is 1. The van der Waals surface area contributed by atoms with Crippen LogP contribution in [0.15, 0.2) is 70.2 Å². The largest absolute Gasteiger partial charge is 0.508 e. The molecule has 14 nitrogen and oxygen atoms in total. The number of phenolic OH excluding ortho intramolecular Hbond substituents is 2. The molecule has 14 heteroatoms. The zero-order valence-electron chi connectivity index (χ0n) is 23.3. The number of fused-ring (bicyclic) bond motifs is 10. The number of rotatable bonds is 5. The maximum Gasteiger partial charge on any atom is 0.312 e. The topological polar surface area (TPSA) is 211 Å². The van der Waals surface area contributed by atoms with Crippen molar-refractivity contribution in [1.29, 1.82) is 0 Å². The third kappa shape index (κ3) is 3.94. The molecule has 5 unspecified atom stereocenters. The maximum absolute atomic E-state index is 14.1. The monoisotopic (exact) mass is 613 g/mol. The van der Waals surface area contributed by atoms with Gasteiger partial charge in [0.2, 0.25) is 0 Å². The van der Waals surface area contributed by atoms with Crippen molar-refractivity contribution in [2.24, 2.45) is 0 Å². The van der Waals surface area contributed by atoms with E-state index in [1.165, 1.54) is 24.3 Å². The van der Waals surface area contributed by atoms with Crippen LogP contribution in [0.4, 0.5) is 0 Å². The zero-order valence-corrected chi connectivity index (χ0v) is 23.3. The molecule has 7 aromatic rings. The van der Waals surface area contributed by atoms with Crippen LogP contribution in [0.25, 0.3) is 54.6 Å². The highest BCUT2D eigenvalue weighted by Gasteiger charge is 2.45. The fourth-order valence-corrected chi connectivity index (χ4v) is 6.49. The Hall–Kier alpha value is -5.12. The number of H-pyrrole nitrogens is 1. The van der Waals surface area contributed by atoms with Crippen LogP contribution < -0.4 is 11.0 Å². The minimum Gasteiger partial charge on any atom is -0.508 e. The number of aliphatic hydroxyl groups excluding tert-OH is 4. The second-order valence-corrected chi connectivity index (χ2v) is 11.2. The van der Waals surface area contributed by atoms with E-state index < -0.39 is 42.8 Å². The molecule has 45 heavy (non-hydrogen) atoms. The second-order valence-electron chi connectivity index (χ2n) is 11.2. The Morgan fingerprint density at radius 1 is 0.889 bits per heavy atom. The lowest BCUT2D eigenvalue weighted by Gasteiger charge is -2.41. The molecule has 230 valence electrons. The van der Waals surface area contributed by atoms with Crippen LogP contribution in [0.2, 0.25) is 0 Å². The summed E-state index contributed by atoms with van der Waals surface area (Å²) in [5.74, 6) is -0.118. The number of nitrogens with one attached hydrogen (secondary N) is 2. The minimum atomic E-state index is -1.68. The van der Waals surface area contributed by atoms with Gasteiger partial charge in [0.25, 0.3) is 0 Å². The first-order chi connectivity index (χ1) is 21.8. The number of benzene rings is 3. The lowest BCUT2D eigenvalue weighted by molar-refractivity contribution is -0.249. The van der Waals surface area contributed by atoms with Crippen molar-refractivity contribution in [3.63, 3.8) is 0 Å². The Balaban J connectivity index is 1.51. The molecule has 0 aliphatic carbocycles. The van der Waals surface area contributed by atoms with E-state index in [2.05, 4.69) is 15.4 Å². The van der Waals surface area contributed by atoms with Gasteiger partial charge < -0.3 is 49.5 Å². The van der Waals surface area contributed by atoms with Crippen molar-refractivity contribution in [1.82, 2.24) is 19.4 Å². The van der Waals surface area contributed by atoms with E-state index in [4.69, 9.17) is 9.26 Å². The molecule has 8 N–H and O–H groups in total. The lowest BCUT2D eigenvalue weighted by atomic mass is 9.98. The van der Waals surface area contributed by atoms with Gasteiger partial charge in [-0.1, -0.05) is 4.85 Å². The highest BCUT2D eigenvalue weighted by atomic mass is 16.6. The molecule has 1 aliphatic rings. The SMILES string of the molecule is O=c1c2c(on1NCc1ccncc1)c1c3ccc(O)cc3n(C3OC(CO)C(O)C(O)C3O)c1c1[nH]c3cc(O)ccc3c12. The van der Waals surface area contributed by atoms with E-state index >= 15 is 0 Å². The van der Waals surface area contributed by atoms with Gasteiger partial charge in [-0.3, -0.25) is 15.2 Å². The molecule has 8 rings (SSSR count). The average molecular weight is 614 g/mol. The summed E-state index contributed by atoms with van der Waals surface area (Å²) in [7, 11) is 0. The standard InChI is InChI=1S/C31H27N5O9/c37-12-20-26(40)27(41)28(42)31(44-20)35-19-10-15(39)2-4-17(19)22-25(35)24-21(16-3-1-14(38)9-18(16)34-24)23-29(22)45-36(30(23)43)33-11-13-5-7-32-8-6-13/h1-10,20,26-28,31,33-34,37-42H,11-12H2. The zero-order chi connectivity index (χ0) is 31.1. The minimum absolute atomic E-state index is 0.00966. The van der Waals surface area contributed by atoms with Crippen LogP contribution in [-0.4, -0.2) is 81.0 Å². The van der Waals surface area contributed by atoms with Gasteiger partial charge in [0.1, 0.15) is 41.3 Å². The van der Waals surface area contributed by atoms with Gasteiger partial charge in [-0.2, -0.15) is 0 Å². The number of aromatic nitrogens is 4. The summed E-state index contributed by atoms with van der Waals surface area (Å²) >= 11 is 0. The molecule has 4 aromatic heterocycles. The van der Waals surface area contributed by atoms with Gasteiger partial charge in [-0.25, -0.2) is 0 Å². The first kappa shape index (κ1) is 27.4. The first-order valence-corrected chi connectivity index (χ1v) is 14.2. The Bertz CT molecular complexity index is 2320. The van der Waals surface area contributed by atoms with E-state index in [1.54, 1.807) is 41.2 Å². The Morgan fingerprint density at radius 2 is 1.62 bits per heavy atom. The van der Waals surface area contributed by atoms with Gasteiger partial charge in [0.05, 0.1) is 40.6 Å². The Kier molecular flexibility index (Phi) is 6.07. The van der Waals surface area contributed by atoms with Crippen LogP contribution >= 0.6 is 0 Å². The Morgan fingerprint density at radius 3 is 2.38 bits per heavy atom. The summed E-state index contributed by atoms with van der Waals surface area (Å²) in [4.78, 5) is 22.4. The highest BCUT2D eigenvalue weighted by Crippen LogP contribution is 2.46. The molecule has 1 aliphatic heterocycles. The number of pyridine rings is 1. The molecular formula is C31H27N5O9. The lowest BCUT2D eigenvalue weighted by Crippen LogP contribution is -2.56. The van der Waals surface area contributed by atoms with Gasteiger partial charge in [0, 0.05) is 40.7 Å². The number of hydrogen-bond acceptors (Lipinski definition) is 11. The van der Waals surface area contributed by atoms with E-state index in [1.807, 2.05) is 0 Å². The van der Waals surface area contributed by atoms with E-state index in [0.29, 0.717) is 43.6 Å². The van der Waals surface area contributed by atoms with Crippen molar-refractivity contribution in [2.45, 2.75) is 37.2 Å². The van der Waals surface area contributed by atoms with Crippen LogP contribution in [0.5, 0.6) is 11.5 Å². The maximum atomic E-state index is 14.1. The van der Waals surface area contributed by atoms with E-state index in [9.17, 15) is 35.4 Å². The van der Waals surface area contributed by atoms with E-state index in [0.717, 1.165) is 10.4 Å². The molecule has 0 bridgehead atoms. The summed E-state index contributed by atoms with van der Waals surface area (Å²) in [5, 5.41) is 65.5. The predicted molar refractivity (Wildman–Crippen MR) is 162 cm³/mol. The van der Waals surface area contributed by atoms with Crippen LogP contribution in [-0.2, 0) is 11.3 Å². The quantitative estimate of drug-likeness (QED) is 0.140. The Labute approximate surface area is 251 Å². The van der Waals surface area contributed by atoms with Crippen molar-refractivity contribution in [3.05, 3.63) is 76.8 Å². The van der Waals surface area contributed by atoms with E-state index in [-0.39, 0.29) is 29.0 Å². The average Bonchev–Trinajstić information content (AvgIpc) is 3.68. The second kappa shape index (κ2) is 9.95. The molecule has 3 aromatic carbocycles. The molecule has 1 fully saturated rings. The van der Waals surface area contributed by atoms with Crippen LogP contribution in [0, 0.1) is 0 Å². The molecular weight excluding hydrogens is 586 g/mol. The number of hydrogen-bond donors (Lipinski definition) is 8. The molecule has 5 atom stereocenters. The summed E-state index contributed by atoms with van der Waals surface area (Å²) in [5.41, 5.74) is 5.24. The van der Waals surface area contributed by atoms with Crippen molar-refractivity contribution in [2.75, 3.05) is 12.0 Å². The van der Waals surface area contributed by atoms with Gasteiger partial charge in [-0.15, -0.1) is 0 Å². The van der Waals surface area contributed by atoms with Crippen molar-refractivity contribution < 1.29 is 39.9 Å². The summed E-state index contributed by atoms with van der Waals surface area (Å²) < 4.78 is 13.8. The normalized spacial score (nSPS) is 22.4. The van der Waals surface area contributed by atoms with Crippen LogP contribution in [0.3, 0.4) is 0 Å². The number of ether oxygens (including phenoxy) is 1. The molecule has 0 amide bonds. The van der Waals surface area contributed by atoms with Crippen molar-refractivity contribution >= 4 is 54.6 Å². The fraction of sp³-hybridized carbons (Fsp3) is 0.226. The third-order valence-corrected chi connectivity index (χ3v) is 8.59. The first-order valence-electron chi connectivity index (χ1n) is 14.2. The summed E-state index contributed by atoms with van der Waals surface area (Å²) in [6.45, 7) is -0.396. The van der Waals surface area contributed by atoms with Gasteiger partial charge in [0.15, 0.2) is 11.8 Å². The molecule has 1 saturated heterocycles. The third-order valence-electron chi connectivity index (χ3n) is 8.59. The molecule has 0 spiro atoms. The fourth-order valence-electron chi connectivity index (χ4n) is 6.49. The molecule has 5 heterocycles. The van der Waals surface area contributed by atoms with Gasteiger partial charge in [-0.05, 0) is 42.0 Å². The summed E-state index contributed by atoms with van der Waals surface area (Å²) in [6, 6.07) is 12.8. The van der Waals surface area contributed by atoms with Crippen LogP contribution in [0.1, 0.15) is 11.8 Å². The number of aliphatic hydroxyl groups is 4.